The highest BCUT2D eigenvalue weighted by molar-refractivity contribution is 5.81. The minimum absolute atomic E-state index is 0.108. The standard InChI is InChI=1S/C14H16N2O/c1-11(9-15)13-7-8-16(14(13)17)10-12-5-3-2-4-6-12/h2-6,11,13H,7-8,10H2,1H3. The van der Waals surface area contributed by atoms with Crippen molar-refractivity contribution in [1.29, 1.82) is 5.26 Å². The van der Waals surface area contributed by atoms with Gasteiger partial charge in [0.15, 0.2) is 0 Å². The molecule has 2 rings (SSSR count). The van der Waals surface area contributed by atoms with Gasteiger partial charge in [-0.1, -0.05) is 30.3 Å². The Bertz CT molecular complexity index is 435. The molecule has 0 aromatic heterocycles. The van der Waals surface area contributed by atoms with Crippen LogP contribution in [0.3, 0.4) is 0 Å². The number of hydrogen-bond acceptors (Lipinski definition) is 2. The summed E-state index contributed by atoms with van der Waals surface area (Å²) < 4.78 is 0. The molecule has 0 spiro atoms. The lowest BCUT2D eigenvalue weighted by atomic mass is 9.94. The van der Waals surface area contributed by atoms with Gasteiger partial charge in [-0.2, -0.15) is 5.26 Å². The molecular weight excluding hydrogens is 212 g/mol. The number of nitriles is 1. The third-order valence-corrected chi connectivity index (χ3v) is 3.36. The van der Waals surface area contributed by atoms with Crippen molar-refractivity contribution < 1.29 is 4.79 Å². The zero-order valence-electron chi connectivity index (χ0n) is 9.97. The van der Waals surface area contributed by atoms with Crippen LogP contribution in [0.4, 0.5) is 0 Å². The van der Waals surface area contributed by atoms with Crippen LogP contribution in [0.1, 0.15) is 18.9 Å². The summed E-state index contributed by atoms with van der Waals surface area (Å²) in [5.74, 6) is -0.158. The molecule has 2 unspecified atom stereocenters. The maximum Gasteiger partial charge on any atom is 0.227 e. The Morgan fingerprint density at radius 3 is 2.82 bits per heavy atom. The Kier molecular flexibility index (Phi) is 3.43. The maximum absolute atomic E-state index is 12.1. The van der Waals surface area contributed by atoms with Gasteiger partial charge in [0.1, 0.15) is 0 Å². The molecule has 1 aromatic rings. The summed E-state index contributed by atoms with van der Waals surface area (Å²) in [6.45, 7) is 3.26. The van der Waals surface area contributed by atoms with Crippen LogP contribution in [0.2, 0.25) is 0 Å². The van der Waals surface area contributed by atoms with Gasteiger partial charge in [-0.3, -0.25) is 4.79 Å². The molecule has 2 atom stereocenters. The largest absolute Gasteiger partial charge is 0.338 e. The average Bonchev–Trinajstić information content (AvgIpc) is 2.72. The van der Waals surface area contributed by atoms with E-state index in [0.717, 1.165) is 18.5 Å². The summed E-state index contributed by atoms with van der Waals surface area (Å²) in [6, 6.07) is 12.1. The number of likely N-dealkylation sites (tertiary alicyclic amines) is 1. The summed E-state index contributed by atoms with van der Waals surface area (Å²) in [5, 5.41) is 8.87. The molecule has 0 bridgehead atoms. The fraction of sp³-hybridized carbons (Fsp3) is 0.429. The molecule has 0 N–H and O–H groups in total. The summed E-state index contributed by atoms with van der Waals surface area (Å²) in [7, 11) is 0. The van der Waals surface area contributed by atoms with Crippen molar-refractivity contribution >= 4 is 5.91 Å². The maximum atomic E-state index is 12.1. The van der Waals surface area contributed by atoms with Crippen LogP contribution in [0.25, 0.3) is 0 Å². The normalized spacial score (nSPS) is 21.3. The lowest BCUT2D eigenvalue weighted by Crippen LogP contribution is -2.28. The molecule has 1 aliphatic rings. The Hall–Kier alpha value is -1.82. The Labute approximate surface area is 102 Å². The van der Waals surface area contributed by atoms with E-state index in [-0.39, 0.29) is 17.7 Å². The van der Waals surface area contributed by atoms with E-state index in [1.807, 2.05) is 42.2 Å². The van der Waals surface area contributed by atoms with Crippen molar-refractivity contribution in [3.05, 3.63) is 35.9 Å². The van der Waals surface area contributed by atoms with E-state index in [9.17, 15) is 4.79 Å². The van der Waals surface area contributed by atoms with Gasteiger partial charge in [-0.05, 0) is 18.9 Å². The summed E-state index contributed by atoms with van der Waals surface area (Å²) in [4.78, 5) is 13.9. The van der Waals surface area contributed by atoms with Gasteiger partial charge in [-0.25, -0.2) is 0 Å². The van der Waals surface area contributed by atoms with E-state index in [1.165, 1.54) is 0 Å². The van der Waals surface area contributed by atoms with Gasteiger partial charge in [0.2, 0.25) is 5.91 Å². The van der Waals surface area contributed by atoms with E-state index < -0.39 is 0 Å². The lowest BCUT2D eigenvalue weighted by Gasteiger charge is -2.17. The first-order valence-corrected chi connectivity index (χ1v) is 5.94. The molecular formula is C14H16N2O. The van der Waals surface area contributed by atoms with Gasteiger partial charge >= 0.3 is 0 Å². The van der Waals surface area contributed by atoms with E-state index >= 15 is 0 Å². The number of benzene rings is 1. The minimum atomic E-state index is -0.178. The van der Waals surface area contributed by atoms with Crippen molar-refractivity contribution in [3.8, 4) is 6.07 Å². The van der Waals surface area contributed by atoms with E-state index in [2.05, 4.69) is 6.07 Å². The second kappa shape index (κ2) is 5.01. The number of nitrogens with zero attached hydrogens (tertiary/aromatic N) is 2. The molecule has 88 valence electrons. The molecule has 1 heterocycles. The Morgan fingerprint density at radius 2 is 2.18 bits per heavy atom. The van der Waals surface area contributed by atoms with Crippen molar-refractivity contribution in [2.24, 2.45) is 11.8 Å². The van der Waals surface area contributed by atoms with Crippen molar-refractivity contribution in [2.45, 2.75) is 19.9 Å². The van der Waals surface area contributed by atoms with Crippen molar-refractivity contribution in [2.75, 3.05) is 6.54 Å². The van der Waals surface area contributed by atoms with Crippen LogP contribution in [-0.4, -0.2) is 17.4 Å². The number of carbonyl (C=O) groups is 1. The average molecular weight is 228 g/mol. The van der Waals surface area contributed by atoms with Crippen LogP contribution in [0.15, 0.2) is 30.3 Å². The molecule has 0 aliphatic carbocycles. The summed E-state index contributed by atoms with van der Waals surface area (Å²) in [6.07, 6.45) is 0.806. The molecule has 3 heteroatoms. The number of amides is 1. The third kappa shape index (κ3) is 2.47. The van der Waals surface area contributed by atoms with Gasteiger partial charge < -0.3 is 4.90 Å². The molecule has 1 fully saturated rings. The third-order valence-electron chi connectivity index (χ3n) is 3.36. The fourth-order valence-corrected chi connectivity index (χ4v) is 2.28. The molecule has 1 amide bonds. The SMILES string of the molecule is CC(C#N)C1CCN(Cc2ccccc2)C1=O. The topological polar surface area (TPSA) is 44.1 Å². The Balaban J connectivity index is 2.02. The second-order valence-electron chi connectivity index (χ2n) is 4.56. The van der Waals surface area contributed by atoms with Gasteiger partial charge in [0.25, 0.3) is 0 Å². The van der Waals surface area contributed by atoms with Crippen LogP contribution in [0, 0.1) is 23.2 Å². The van der Waals surface area contributed by atoms with Gasteiger partial charge in [-0.15, -0.1) is 0 Å². The molecule has 0 saturated carbocycles. The monoisotopic (exact) mass is 228 g/mol. The predicted octanol–water partition coefficient (Wildman–Crippen LogP) is 2.19. The second-order valence-corrected chi connectivity index (χ2v) is 4.56. The molecule has 1 aromatic carbocycles. The zero-order chi connectivity index (χ0) is 12.3. The van der Waals surface area contributed by atoms with E-state index in [0.29, 0.717) is 6.54 Å². The van der Waals surface area contributed by atoms with Gasteiger partial charge in [0, 0.05) is 13.1 Å². The van der Waals surface area contributed by atoms with Crippen LogP contribution >= 0.6 is 0 Å². The van der Waals surface area contributed by atoms with E-state index in [1.54, 1.807) is 0 Å². The first kappa shape index (κ1) is 11.7. The highest BCUT2D eigenvalue weighted by Gasteiger charge is 2.35. The first-order chi connectivity index (χ1) is 8.22. The van der Waals surface area contributed by atoms with Crippen molar-refractivity contribution in [3.63, 3.8) is 0 Å². The number of rotatable bonds is 3. The summed E-state index contributed by atoms with van der Waals surface area (Å²) in [5.41, 5.74) is 1.14. The van der Waals surface area contributed by atoms with Crippen LogP contribution in [0.5, 0.6) is 0 Å². The quantitative estimate of drug-likeness (QED) is 0.796. The fourth-order valence-electron chi connectivity index (χ4n) is 2.28. The minimum Gasteiger partial charge on any atom is -0.338 e. The van der Waals surface area contributed by atoms with E-state index in [4.69, 9.17) is 5.26 Å². The molecule has 0 radical (unpaired) electrons. The van der Waals surface area contributed by atoms with Crippen LogP contribution < -0.4 is 0 Å². The molecule has 3 nitrogen and oxygen atoms in total. The highest BCUT2D eigenvalue weighted by atomic mass is 16.2. The lowest BCUT2D eigenvalue weighted by molar-refractivity contribution is -0.132. The first-order valence-electron chi connectivity index (χ1n) is 5.94. The molecule has 1 saturated heterocycles. The number of hydrogen-bond donors (Lipinski definition) is 0. The molecule has 1 aliphatic heterocycles. The summed E-state index contributed by atoms with van der Waals surface area (Å²) >= 11 is 0. The van der Waals surface area contributed by atoms with Gasteiger partial charge in [0.05, 0.1) is 17.9 Å². The smallest absolute Gasteiger partial charge is 0.227 e. The number of carbonyl (C=O) groups excluding carboxylic acids is 1. The predicted molar refractivity (Wildman–Crippen MR) is 64.7 cm³/mol. The molecule has 17 heavy (non-hydrogen) atoms. The van der Waals surface area contributed by atoms with Crippen molar-refractivity contribution in [1.82, 2.24) is 4.90 Å². The Morgan fingerprint density at radius 1 is 1.47 bits per heavy atom. The highest BCUT2D eigenvalue weighted by Crippen LogP contribution is 2.26. The zero-order valence-corrected chi connectivity index (χ0v) is 9.97. The van der Waals surface area contributed by atoms with Crippen LogP contribution in [-0.2, 0) is 11.3 Å².